The molecule has 202 valence electrons. The van der Waals surface area contributed by atoms with Crippen LogP contribution in [0.2, 0.25) is 0 Å². The third-order valence-electron chi connectivity index (χ3n) is 7.93. The summed E-state index contributed by atoms with van der Waals surface area (Å²) in [6, 6.07) is 25.1. The molecule has 3 heterocycles. The SMILES string of the molecule is CCCn1c(C(=O)Nc2cccc3c2N(Cc2ccc(OC4CCNCC4)cc2)CCC3)cc2ccccc21. The van der Waals surface area contributed by atoms with Gasteiger partial charge in [-0.1, -0.05) is 49.4 Å². The van der Waals surface area contributed by atoms with Crippen molar-refractivity contribution >= 4 is 28.2 Å². The third-order valence-corrected chi connectivity index (χ3v) is 7.93. The predicted octanol–water partition coefficient (Wildman–Crippen LogP) is 6.39. The van der Waals surface area contributed by atoms with Crippen molar-refractivity contribution in [2.45, 2.75) is 58.2 Å². The molecule has 3 aromatic carbocycles. The molecule has 0 unspecified atom stereocenters. The van der Waals surface area contributed by atoms with E-state index in [2.05, 4.69) is 75.6 Å². The number of nitrogens with one attached hydrogen (secondary N) is 2. The molecule has 0 radical (unpaired) electrons. The maximum atomic E-state index is 13.7. The highest BCUT2D eigenvalue weighted by Gasteiger charge is 2.23. The summed E-state index contributed by atoms with van der Waals surface area (Å²) in [4.78, 5) is 16.1. The summed E-state index contributed by atoms with van der Waals surface area (Å²) < 4.78 is 8.35. The van der Waals surface area contributed by atoms with Crippen LogP contribution in [-0.2, 0) is 19.5 Å². The first-order chi connectivity index (χ1) is 19.2. The number of aromatic nitrogens is 1. The summed E-state index contributed by atoms with van der Waals surface area (Å²) in [5.74, 6) is 0.887. The van der Waals surface area contributed by atoms with Crippen molar-refractivity contribution in [1.29, 1.82) is 0 Å². The van der Waals surface area contributed by atoms with Crippen LogP contribution in [0.3, 0.4) is 0 Å². The second kappa shape index (κ2) is 11.5. The normalized spacial score (nSPS) is 15.8. The largest absolute Gasteiger partial charge is 0.490 e. The van der Waals surface area contributed by atoms with E-state index in [1.54, 1.807) is 0 Å². The standard InChI is InChI=1S/C33H38N4O2/c1-2-20-37-30-11-4-3-7-26(30)22-31(37)33(38)35-29-10-5-8-25-9-6-21-36(32(25)29)23-24-12-14-27(15-13-24)39-28-16-18-34-19-17-28/h3-5,7-8,10-15,22,28,34H,2,6,9,16-21,23H2,1H3,(H,35,38). The molecule has 2 N–H and O–H groups in total. The van der Waals surface area contributed by atoms with Crippen LogP contribution >= 0.6 is 0 Å². The van der Waals surface area contributed by atoms with E-state index in [1.807, 2.05) is 24.3 Å². The fourth-order valence-electron chi connectivity index (χ4n) is 6.05. The average molecular weight is 523 g/mol. The molecule has 0 atom stereocenters. The Bertz CT molecular complexity index is 1440. The Morgan fingerprint density at radius 3 is 2.67 bits per heavy atom. The third kappa shape index (κ3) is 5.52. The minimum Gasteiger partial charge on any atom is -0.490 e. The molecular weight excluding hydrogens is 484 g/mol. The number of para-hydroxylation sites is 2. The first kappa shape index (κ1) is 25.5. The number of ether oxygens (including phenoxy) is 1. The summed E-state index contributed by atoms with van der Waals surface area (Å²) in [5.41, 5.74) is 6.38. The second-order valence-corrected chi connectivity index (χ2v) is 10.7. The molecule has 2 aliphatic heterocycles. The smallest absolute Gasteiger partial charge is 0.272 e. The van der Waals surface area contributed by atoms with Gasteiger partial charge in [0.15, 0.2) is 0 Å². The molecule has 0 bridgehead atoms. The van der Waals surface area contributed by atoms with Gasteiger partial charge in [0, 0.05) is 30.5 Å². The summed E-state index contributed by atoms with van der Waals surface area (Å²) in [6.07, 6.45) is 5.50. The number of hydrogen-bond donors (Lipinski definition) is 2. The van der Waals surface area contributed by atoms with Crippen molar-refractivity contribution in [2.75, 3.05) is 29.9 Å². The van der Waals surface area contributed by atoms with Gasteiger partial charge in [-0.3, -0.25) is 4.79 Å². The van der Waals surface area contributed by atoms with Gasteiger partial charge in [-0.25, -0.2) is 0 Å². The number of nitrogens with zero attached hydrogens (tertiary/aromatic N) is 2. The summed E-state index contributed by atoms with van der Waals surface area (Å²) in [7, 11) is 0. The summed E-state index contributed by atoms with van der Waals surface area (Å²) >= 11 is 0. The molecular formula is C33H38N4O2. The van der Waals surface area contributed by atoms with E-state index >= 15 is 0 Å². The zero-order chi connectivity index (χ0) is 26.6. The van der Waals surface area contributed by atoms with Crippen LogP contribution in [0, 0.1) is 0 Å². The molecule has 39 heavy (non-hydrogen) atoms. The van der Waals surface area contributed by atoms with Gasteiger partial charge in [0.25, 0.3) is 5.91 Å². The number of amides is 1. The maximum absolute atomic E-state index is 13.7. The lowest BCUT2D eigenvalue weighted by Crippen LogP contribution is -2.34. The number of piperidine rings is 1. The Morgan fingerprint density at radius 1 is 1.03 bits per heavy atom. The van der Waals surface area contributed by atoms with Gasteiger partial charge in [-0.15, -0.1) is 0 Å². The fraction of sp³-hybridized carbons (Fsp3) is 0.364. The molecule has 0 aliphatic carbocycles. The highest BCUT2D eigenvalue weighted by Crippen LogP contribution is 2.36. The molecule has 6 nitrogen and oxygen atoms in total. The number of anilines is 2. The lowest BCUT2D eigenvalue weighted by Gasteiger charge is -2.33. The van der Waals surface area contributed by atoms with Crippen LogP contribution in [-0.4, -0.2) is 36.2 Å². The van der Waals surface area contributed by atoms with Gasteiger partial charge in [0.05, 0.1) is 11.4 Å². The number of benzene rings is 3. The Labute approximate surface area is 231 Å². The van der Waals surface area contributed by atoms with E-state index < -0.39 is 0 Å². The summed E-state index contributed by atoms with van der Waals surface area (Å²) in [5, 5.41) is 7.78. The molecule has 6 rings (SSSR count). The van der Waals surface area contributed by atoms with Crippen molar-refractivity contribution in [2.24, 2.45) is 0 Å². The number of rotatable bonds is 8. The molecule has 1 amide bonds. The van der Waals surface area contributed by atoms with Crippen LogP contribution in [0.4, 0.5) is 11.4 Å². The predicted molar refractivity (Wildman–Crippen MR) is 159 cm³/mol. The van der Waals surface area contributed by atoms with Crippen LogP contribution in [0.5, 0.6) is 5.75 Å². The molecule has 1 saturated heterocycles. The number of carbonyl (C=O) groups excluding carboxylic acids is 1. The Balaban J connectivity index is 1.22. The fourth-order valence-corrected chi connectivity index (χ4v) is 6.05. The van der Waals surface area contributed by atoms with Gasteiger partial charge in [-0.2, -0.15) is 0 Å². The average Bonchev–Trinajstić information content (AvgIpc) is 3.34. The first-order valence-corrected chi connectivity index (χ1v) is 14.4. The van der Waals surface area contributed by atoms with Crippen LogP contribution in [0.1, 0.15) is 54.2 Å². The number of carbonyl (C=O) groups is 1. The molecule has 4 aromatic rings. The topological polar surface area (TPSA) is 58.5 Å². The van der Waals surface area contributed by atoms with Gasteiger partial charge in [-0.05, 0) is 86.7 Å². The number of hydrogen-bond acceptors (Lipinski definition) is 4. The monoisotopic (exact) mass is 522 g/mol. The second-order valence-electron chi connectivity index (χ2n) is 10.7. The highest BCUT2D eigenvalue weighted by molar-refractivity contribution is 6.08. The molecule has 0 saturated carbocycles. The van der Waals surface area contributed by atoms with E-state index in [0.29, 0.717) is 11.8 Å². The van der Waals surface area contributed by atoms with Crippen LogP contribution < -0.4 is 20.3 Å². The van der Waals surface area contributed by atoms with Crippen molar-refractivity contribution in [3.05, 3.63) is 89.6 Å². The van der Waals surface area contributed by atoms with Gasteiger partial charge < -0.3 is 24.8 Å². The zero-order valence-electron chi connectivity index (χ0n) is 22.8. The van der Waals surface area contributed by atoms with E-state index in [0.717, 1.165) is 92.9 Å². The van der Waals surface area contributed by atoms with Crippen LogP contribution in [0.25, 0.3) is 10.9 Å². The Morgan fingerprint density at radius 2 is 1.85 bits per heavy atom. The van der Waals surface area contributed by atoms with E-state index in [4.69, 9.17) is 4.74 Å². The van der Waals surface area contributed by atoms with E-state index in [1.165, 1.54) is 11.1 Å². The Kier molecular flexibility index (Phi) is 7.55. The molecule has 1 aromatic heterocycles. The quantitative estimate of drug-likeness (QED) is 0.282. The first-order valence-electron chi connectivity index (χ1n) is 14.4. The van der Waals surface area contributed by atoms with Crippen molar-refractivity contribution < 1.29 is 9.53 Å². The summed E-state index contributed by atoms with van der Waals surface area (Å²) in [6.45, 7) is 6.77. The van der Waals surface area contributed by atoms with E-state index in [-0.39, 0.29) is 5.91 Å². The minimum absolute atomic E-state index is 0.0574. The number of aryl methyl sites for hydroxylation is 2. The van der Waals surface area contributed by atoms with Gasteiger partial charge in [0.2, 0.25) is 0 Å². The van der Waals surface area contributed by atoms with E-state index in [9.17, 15) is 4.79 Å². The highest BCUT2D eigenvalue weighted by atomic mass is 16.5. The molecule has 1 fully saturated rings. The molecule has 2 aliphatic rings. The molecule has 0 spiro atoms. The van der Waals surface area contributed by atoms with Crippen molar-refractivity contribution in [3.8, 4) is 5.75 Å². The van der Waals surface area contributed by atoms with Crippen LogP contribution in [0.15, 0.2) is 72.8 Å². The molecule has 6 heteroatoms. The van der Waals surface area contributed by atoms with Gasteiger partial charge in [0.1, 0.15) is 17.5 Å². The lowest BCUT2D eigenvalue weighted by molar-refractivity contribution is 0.101. The Hall–Kier alpha value is -3.77. The van der Waals surface area contributed by atoms with Gasteiger partial charge >= 0.3 is 0 Å². The number of fused-ring (bicyclic) bond motifs is 2. The maximum Gasteiger partial charge on any atom is 0.272 e. The van der Waals surface area contributed by atoms with Crippen molar-refractivity contribution in [1.82, 2.24) is 9.88 Å². The zero-order valence-corrected chi connectivity index (χ0v) is 22.8. The van der Waals surface area contributed by atoms with Crippen molar-refractivity contribution in [3.63, 3.8) is 0 Å². The minimum atomic E-state index is -0.0574. The lowest BCUT2D eigenvalue weighted by atomic mass is 9.99.